The molecular formula is C28H31BrClN5O2. The van der Waals surface area contributed by atoms with Gasteiger partial charge in [0, 0.05) is 83.4 Å². The number of ketones is 1. The minimum Gasteiger partial charge on any atom is -0.355 e. The number of carbonyl (C=O) groups is 2. The first-order chi connectivity index (χ1) is 17.9. The van der Waals surface area contributed by atoms with Crippen molar-refractivity contribution in [3.8, 4) is 11.4 Å². The van der Waals surface area contributed by atoms with Crippen LogP contribution in [0.2, 0.25) is 5.02 Å². The molecule has 2 aromatic heterocycles. The van der Waals surface area contributed by atoms with Crippen molar-refractivity contribution in [2.24, 2.45) is 0 Å². The van der Waals surface area contributed by atoms with E-state index in [-0.39, 0.29) is 11.7 Å². The van der Waals surface area contributed by atoms with E-state index in [1.807, 2.05) is 42.5 Å². The Labute approximate surface area is 229 Å². The van der Waals surface area contributed by atoms with Gasteiger partial charge in [-0.1, -0.05) is 33.6 Å². The number of aromatic amines is 2. The number of benzene rings is 2. The Morgan fingerprint density at radius 1 is 1.00 bits per heavy atom. The second kappa shape index (κ2) is 11.4. The zero-order valence-corrected chi connectivity index (χ0v) is 23.2. The molecule has 1 saturated heterocycles. The van der Waals surface area contributed by atoms with Crippen molar-refractivity contribution in [2.75, 3.05) is 46.3 Å². The van der Waals surface area contributed by atoms with E-state index in [9.17, 15) is 9.59 Å². The van der Waals surface area contributed by atoms with Gasteiger partial charge in [-0.2, -0.15) is 0 Å². The van der Waals surface area contributed by atoms with Gasteiger partial charge in [0.2, 0.25) is 5.91 Å². The molecule has 5 rings (SSSR count). The van der Waals surface area contributed by atoms with Crippen LogP contribution < -0.4 is 5.32 Å². The number of rotatable bonds is 9. The van der Waals surface area contributed by atoms with Crippen molar-refractivity contribution < 1.29 is 9.59 Å². The molecule has 1 amide bonds. The minimum atomic E-state index is -0.00231. The lowest BCUT2D eigenvalue weighted by Crippen LogP contribution is -2.46. The van der Waals surface area contributed by atoms with Gasteiger partial charge in [0.25, 0.3) is 0 Å². The second-order valence-electron chi connectivity index (χ2n) is 9.75. The molecule has 194 valence electrons. The van der Waals surface area contributed by atoms with Crippen LogP contribution >= 0.6 is 27.5 Å². The molecular weight excluding hydrogens is 554 g/mol. The predicted molar refractivity (Wildman–Crippen MR) is 153 cm³/mol. The molecule has 0 aliphatic carbocycles. The molecule has 7 nitrogen and oxygen atoms in total. The van der Waals surface area contributed by atoms with Crippen LogP contribution in [-0.2, 0) is 4.79 Å². The molecule has 2 aromatic carbocycles. The molecule has 3 N–H and O–H groups in total. The number of nitrogens with one attached hydrogen (secondary N) is 3. The highest BCUT2D eigenvalue weighted by Crippen LogP contribution is 2.34. The van der Waals surface area contributed by atoms with Gasteiger partial charge in [0.1, 0.15) is 0 Å². The number of amides is 1. The number of hydrogen-bond acceptors (Lipinski definition) is 4. The SMILES string of the molecule is CN1CCN(CCNC(=O)CCCC(=O)c2c(-c3cc4cc(Cl)ccc4[nH]3)[nH]c3cc(Br)ccc23)CC1. The molecule has 0 spiro atoms. The maximum Gasteiger partial charge on any atom is 0.220 e. The molecule has 1 aliphatic rings. The molecule has 0 radical (unpaired) electrons. The van der Waals surface area contributed by atoms with Gasteiger partial charge in [0.05, 0.1) is 17.0 Å². The third kappa shape index (κ3) is 6.09. The third-order valence-corrected chi connectivity index (χ3v) is 7.77. The molecule has 1 aliphatic heterocycles. The first kappa shape index (κ1) is 26.0. The summed E-state index contributed by atoms with van der Waals surface area (Å²) in [6.45, 7) is 5.71. The number of hydrogen-bond donors (Lipinski definition) is 3. The monoisotopic (exact) mass is 583 g/mol. The highest BCUT2D eigenvalue weighted by molar-refractivity contribution is 9.10. The standard InChI is InChI=1S/C28H31BrClN5O2/c1-34-11-13-35(14-12-34)10-9-31-26(37)4-2-3-25(36)27-21-7-5-19(29)17-23(21)33-28(27)24-16-18-15-20(30)6-8-22(18)32-24/h5-8,15-17,32-33H,2-4,9-14H2,1H3,(H,31,37). The Hall–Kier alpha value is -2.65. The Morgan fingerprint density at radius 2 is 1.81 bits per heavy atom. The molecule has 0 saturated carbocycles. The third-order valence-electron chi connectivity index (χ3n) is 7.05. The molecule has 4 aromatic rings. The van der Waals surface area contributed by atoms with Gasteiger partial charge < -0.3 is 20.2 Å². The van der Waals surface area contributed by atoms with Crippen molar-refractivity contribution in [3.05, 3.63) is 57.5 Å². The average molecular weight is 585 g/mol. The van der Waals surface area contributed by atoms with Gasteiger partial charge in [-0.05, 0) is 49.9 Å². The first-order valence-electron chi connectivity index (χ1n) is 12.7. The smallest absolute Gasteiger partial charge is 0.220 e. The summed E-state index contributed by atoms with van der Waals surface area (Å²) < 4.78 is 0.934. The van der Waals surface area contributed by atoms with Crippen LogP contribution in [0.1, 0.15) is 29.6 Å². The number of likely N-dealkylation sites (N-methyl/N-ethyl adjacent to an activating group) is 1. The number of fused-ring (bicyclic) bond motifs is 2. The zero-order valence-electron chi connectivity index (χ0n) is 20.9. The Balaban J connectivity index is 1.25. The van der Waals surface area contributed by atoms with Crippen LogP contribution in [0.4, 0.5) is 0 Å². The topological polar surface area (TPSA) is 84.2 Å². The summed E-state index contributed by atoms with van der Waals surface area (Å²) in [5, 5.41) is 5.53. The largest absolute Gasteiger partial charge is 0.355 e. The van der Waals surface area contributed by atoms with Crippen LogP contribution in [0, 0.1) is 0 Å². The van der Waals surface area contributed by atoms with Gasteiger partial charge in [0.15, 0.2) is 5.78 Å². The van der Waals surface area contributed by atoms with Crippen LogP contribution in [0.3, 0.4) is 0 Å². The molecule has 0 unspecified atom stereocenters. The number of Topliss-reactive ketones (excluding diaryl/α,β-unsaturated/α-hetero) is 1. The molecule has 0 atom stereocenters. The lowest BCUT2D eigenvalue weighted by atomic mass is 10.0. The van der Waals surface area contributed by atoms with Gasteiger partial charge in [-0.3, -0.25) is 14.5 Å². The van der Waals surface area contributed by atoms with Crippen molar-refractivity contribution in [1.29, 1.82) is 0 Å². The lowest BCUT2D eigenvalue weighted by molar-refractivity contribution is -0.121. The number of aromatic nitrogens is 2. The van der Waals surface area contributed by atoms with E-state index in [1.54, 1.807) is 0 Å². The maximum atomic E-state index is 13.5. The summed E-state index contributed by atoms with van der Waals surface area (Å²) in [4.78, 5) is 37.4. The molecule has 9 heteroatoms. The van der Waals surface area contributed by atoms with Crippen molar-refractivity contribution in [3.63, 3.8) is 0 Å². The summed E-state index contributed by atoms with van der Waals surface area (Å²) in [6.07, 6.45) is 1.14. The van der Waals surface area contributed by atoms with E-state index in [2.05, 4.69) is 48.1 Å². The first-order valence-corrected chi connectivity index (χ1v) is 13.8. The number of piperazine rings is 1. The fourth-order valence-electron chi connectivity index (χ4n) is 4.95. The maximum absolute atomic E-state index is 13.5. The molecule has 0 bridgehead atoms. The van der Waals surface area contributed by atoms with Crippen LogP contribution in [0.15, 0.2) is 46.9 Å². The highest BCUT2D eigenvalue weighted by atomic mass is 79.9. The van der Waals surface area contributed by atoms with E-state index in [1.165, 1.54) is 0 Å². The van der Waals surface area contributed by atoms with E-state index in [0.29, 0.717) is 36.4 Å². The normalized spacial score (nSPS) is 15.0. The summed E-state index contributed by atoms with van der Waals surface area (Å²) in [5.74, 6) is 0.0167. The number of halogens is 2. The van der Waals surface area contributed by atoms with Crippen LogP contribution in [0.5, 0.6) is 0 Å². The summed E-state index contributed by atoms with van der Waals surface area (Å²) >= 11 is 9.70. The second-order valence-corrected chi connectivity index (χ2v) is 11.1. The zero-order chi connectivity index (χ0) is 25.9. The molecule has 37 heavy (non-hydrogen) atoms. The van der Waals surface area contributed by atoms with Crippen LogP contribution in [-0.4, -0.2) is 77.8 Å². The summed E-state index contributed by atoms with van der Waals surface area (Å²) in [7, 11) is 2.13. The van der Waals surface area contributed by atoms with E-state index in [0.717, 1.165) is 70.4 Å². The fourth-order valence-corrected chi connectivity index (χ4v) is 5.49. The quantitative estimate of drug-likeness (QED) is 0.229. The molecule has 3 heterocycles. The summed E-state index contributed by atoms with van der Waals surface area (Å²) in [5.41, 5.74) is 4.06. The Bertz CT molecular complexity index is 1440. The van der Waals surface area contributed by atoms with Gasteiger partial charge >= 0.3 is 0 Å². The summed E-state index contributed by atoms with van der Waals surface area (Å²) in [6, 6.07) is 13.6. The predicted octanol–water partition coefficient (Wildman–Crippen LogP) is 5.45. The Kier molecular flexibility index (Phi) is 8.00. The van der Waals surface area contributed by atoms with Crippen molar-refractivity contribution in [1.82, 2.24) is 25.1 Å². The van der Waals surface area contributed by atoms with E-state index in [4.69, 9.17) is 11.6 Å². The minimum absolute atomic E-state index is 0.00231. The van der Waals surface area contributed by atoms with Crippen LogP contribution in [0.25, 0.3) is 33.2 Å². The number of H-pyrrole nitrogens is 2. The van der Waals surface area contributed by atoms with Crippen molar-refractivity contribution >= 4 is 61.0 Å². The molecule has 1 fully saturated rings. The number of nitrogens with zero attached hydrogens (tertiary/aromatic N) is 2. The highest BCUT2D eigenvalue weighted by Gasteiger charge is 2.21. The number of carbonyl (C=O) groups excluding carboxylic acids is 2. The van der Waals surface area contributed by atoms with Crippen molar-refractivity contribution in [2.45, 2.75) is 19.3 Å². The fraction of sp³-hybridized carbons (Fsp3) is 0.357. The van der Waals surface area contributed by atoms with E-state index < -0.39 is 0 Å². The average Bonchev–Trinajstić information content (AvgIpc) is 3.46. The van der Waals surface area contributed by atoms with Gasteiger partial charge in [-0.15, -0.1) is 0 Å². The lowest BCUT2D eigenvalue weighted by Gasteiger charge is -2.32. The van der Waals surface area contributed by atoms with E-state index >= 15 is 0 Å². The van der Waals surface area contributed by atoms with Gasteiger partial charge in [-0.25, -0.2) is 0 Å². The Morgan fingerprint density at radius 3 is 2.62 bits per heavy atom.